The highest BCUT2D eigenvalue weighted by Crippen LogP contribution is 2.18. The van der Waals surface area contributed by atoms with Crippen LogP contribution in [0, 0.1) is 6.92 Å². The molecule has 0 atom stereocenters. The molecule has 0 aliphatic heterocycles. The van der Waals surface area contributed by atoms with E-state index in [1.54, 1.807) is 0 Å². The van der Waals surface area contributed by atoms with Gasteiger partial charge in [-0.3, -0.25) is 0 Å². The number of hydrogen-bond acceptors (Lipinski definition) is 3. The third kappa shape index (κ3) is 2.93. The van der Waals surface area contributed by atoms with Crippen LogP contribution >= 0.6 is 11.8 Å². The molecule has 0 aliphatic carbocycles. The molecular weight excluding hydrogens is 156 g/mol. The number of rotatable bonds is 2. The summed E-state index contributed by atoms with van der Waals surface area (Å²) in [4.78, 5) is 1.12. The summed E-state index contributed by atoms with van der Waals surface area (Å²) in [6, 6.07) is 8.13. The van der Waals surface area contributed by atoms with E-state index in [9.17, 15) is 0 Å². The summed E-state index contributed by atoms with van der Waals surface area (Å²) >= 11 is 1.46. The molecule has 0 saturated carbocycles. The lowest BCUT2D eigenvalue weighted by Crippen LogP contribution is -2.25. The predicted molar refractivity (Wildman–Crippen MR) is 49.2 cm³/mol. The topological polar surface area (TPSA) is 52.0 Å². The van der Waals surface area contributed by atoms with Gasteiger partial charge in [0.25, 0.3) is 0 Å². The summed E-state index contributed by atoms with van der Waals surface area (Å²) in [5, 5.41) is 0. The minimum atomic E-state index is -0.322. The minimum Gasteiger partial charge on any atom is -0.307 e. The van der Waals surface area contributed by atoms with Crippen molar-refractivity contribution >= 4 is 11.8 Å². The van der Waals surface area contributed by atoms with Crippen molar-refractivity contribution in [1.82, 2.24) is 0 Å². The average molecular weight is 168 g/mol. The Hall–Kier alpha value is -0.510. The Labute approximate surface area is 71.0 Å². The van der Waals surface area contributed by atoms with Gasteiger partial charge in [-0.1, -0.05) is 29.5 Å². The van der Waals surface area contributed by atoms with Gasteiger partial charge in [-0.05, 0) is 19.1 Å². The number of nitrogens with two attached hydrogens (primary N) is 2. The highest BCUT2D eigenvalue weighted by atomic mass is 32.2. The normalized spacial score (nSPS) is 10.5. The molecule has 1 aromatic carbocycles. The van der Waals surface area contributed by atoms with Crippen molar-refractivity contribution in [2.24, 2.45) is 11.5 Å². The van der Waals surface area contributed by atoms with Crippen molar-refractivity contribution in [1.29, 1.82) is 0 Å². The van der Waals surface area contributed by atoms with E-state index in [0.717, 1.165) is 4.90 Å². The highest BCUT2D eigenvalue weighted by Gasteiger charge is 1.96. The molecule has 3 heteroatoms. The Morgan fingerprint density at radius 1 is 1.18 bits per heavy atom. The van der Waals surface area contributed by atoms with E-state index >= 15 is 0 Å². The van der Waals surface area contributed by atoms with Crippen LogP contribution in [0.4, 0.5) is 0 Å². The molecule has 0 bridgehead atoms. The maximum Gasteiger partial charge on any atom is 0.105 e. The minimum absolute atomic E-state index is 0.322. The number of aryl methyl sites for hydroxylation is 1. The monoisotopic (exact) mass is 168 g/mol. The van der Waals surface area contributed by atoms with Crippen LogP contribution in [-0.4, -0.2) is 5.50 Å². The Bertz CT molecular complexity index is 218. The van der Waals surface area contributed by atoms with Gasteiger partial charge in [-0.2, -0.15) is 0 Å². The van der Waals surface area contributed by atoms with E-state index in [2.05, 4.69) is 6.92 Å². The van der Waals surface area contributed by atoms with E-state index in [1.165, 1.54) is 17.3 Å². The molecule has 0 saturated heterocycles. The summed E-state index contributed by atoms with van der Waals surface area (Å²) in [6.07, 6.45) is 0. The van der Waals surface area contributed by atoms with Gasteiger partial charge in [-0.25, -0.2) is 0 Å². The fourth-order valence-corrected chi connectivity index (χ4v) is 1.38. The van der Waals surface area contributed by atoms with Crippen LogP contribution < -0.4 is 11.5 Å². The van der Waals surface area contributed by atoms with Gasteiger partial charge in [0, 0.05) is 4.90 Å². The second-order valence-corrected chi connectivity index (χ2v) is 3.65. The van der Waals surface area contributed by atoms with Crippen molar-refractivity contribution in [2.45, 2.75) is 17.3 Å². The first kappa shape index (κ1) is 8.59. The molecular formula is C8H12N2S. The Morgan fingerprint density at radius 3 is 2.18 bits per heavy atom. The summed E-state index contributed by atoms with van der Waals surface area (Å²) < 4.78 is 0. The first-order chi connectivity index (χ1) is 5.18. The van der Waals surface area contributed by atoms with Crippen molar-refractivity contribution in [3.8, 4) is 0 Å². The number of thioether (sulfide) groups is 1. The Balaban J connectivity index is 2.66. The summed E-state index contributed by atoms with van der Waals surface area (Å²) in [5.74, 6) is 0. The maximum absolute atomic E-state index is 5.40. The molecule has 1 aromatic rings. The fraction of sp³-hybridized carbons (Fsp3) is 0.250. The standard InChI is InChI=1S/C8H12N2S/c1-6-2-4-7(5-3-6)11-8(9)10/h2-5,8H,9-10H2,1H3. The van der Waals surface area contributed by atoms with Gasteiger partial charge in [0.1, 0.15) is 5.50 Å². The van der Waals surface area contributed by atoms with Gasteiger partial charge < -0.3 is 11.5 Å². The zero-order valence-electron chi connectivity index (χ0n) is 6.45. The van der Waals surface area contributed by atoms with Gasteiger partial charge in [0.2, 0.25) is 0 Å². The van der Waals surface area contributed by atoms with Crippen LogP contribution in [0.1, 0.15) is 5.56 Å². The van der Waals surface area contributed by atoms with Crippen LogP contribution in [0.5, 0.6) is 0 Å². The van der Waals surface area contributed by atoms with Crippen molar-refractivity contribution < 1.29 is 0 Å². The number of benzene rings is 1. The zero-order valence-corrected chi connectivity index (χ0v) is 7.27. The fourth-order valence-electron chi connectivity index (χ4n) is 0.774. The Kier molecular flexibility index (Phi) is 2.93. The van der Waals surface area contributed by atoms with Crippen LogP contribution in [0.3, 0.4) is 0 Å². The van der Waals surface area contributed by atoms with E-state index in [1.807, 2.05) is 24.3 Å². The molecule has 2 nitrogen and oxygen atoms in total. The van der Waals surface area contributed by atoms with Crippen LogP contribution in [-0.2, 0) is 0 Å². The lowest BCUT2D eigenvalue weighted by atomic mass is 10.2. The van der Waals surface area contributed by atoms with E-state index in [4.69, 9.17) is 11.5 Å². The van der Waals surface area contributed by atoms with Gasteiger partial charge in [-0.15, -0.1) is 0 Å². The Morgan fingerprint density at radius 2 is 1.73 bits per heavy atom. The van der Waals surface area contributed by atoms with Gasteiger partial charge in [0.05, 0.1) is 0 Å². The first-order valence-corrected chi connectivity index (χ1v) is 4.31. The highest BCUT2D eigenvalue weighted by molar-refractivity contribution is 7.99. The molecule has 4 N–H and O–H groups in total. The van der Waals surface area contributed by atoms with Crippen molar-refractivity contribution in [3.63, 3.8) is 0 Å². The lowest BCUT2D eigenvalue weighted by Gasteiger charge is -2.04. The molecule has 0 unspecified atom stereocenters. The zero-order chi connectivity index (χ0) is 8.27. The molecule has 1 rings (SSSR count). The largest absolute Gasteiger partial charge is 0.307 e. The summed E-state index contributed by atoms with van der Waals surface area (Å²) in [6.45, 7) is 2.05. The van der Waals surface area contributed by atoms with Crippen LogP contribution in [0.25, 0.3) is 0 Å². The molecule has 0 radical (unpaired) electrons. The third-order valence-corrected chi connectivity index (χ3v) is 2.11. The van der Waals surface area contributed by atoms with Crippen LogP contribution in [0.2, 0.25) is 0 Å². The quantitative estimate of drug-likeness (QED) is 0.517. The second kappa shape index (κ2) is 3.76. The molecule has 11 heavy (non-hydrogen) atoms. The van der Waals surface area contributed by atoms with E-state index in [-0.39, 0.29) is 5.50 Å². The van der Waals surface area contributed by atoms with E-state index < -0.39 is 0 Å². The molecule has 0 spiro atoms. The predicted octanol–water partition coefficient (Wildman–Crippen LogP) is 1.29. The average Bonchev–Trinajstić information content (AvgIpc) is 1.93. The van der Waals surface area contributed by atoms with Crippen molar-refractivity contribution in [3.05, 3.63) is 29.8 Å². The molecule has 0 aromatic heterocycles. The molecule has 60 valence electrons. The summed E-state index contributed by atoms with van der Waals surface area (Å²) in [7, 11) is 0. The van der Waals surface area contributed by atoms with Crippen LogP contribution in [0.15, 0.2) is 29.2 Å². The van der Waals surface area contributed by atoms with Gasteiger partial charge >= 0.3 is 0 Å². The summed E-state index contributed by atoms with van der Waals surface area (Å²) in [5.41, 5.74) is 11.7. The second-order valence-electron chi connectivity index (χ2n) is 2.40. The number of hydrogen-bond donors (Lipinski definition) is 2. The lowest BCUT2D eigenvalue weighted by molar-refractivity contribution is 0.986. The smallest absolute Gasteiger partial charge is 0.105 e. The third-order valence-electron chi connectivity index (χ3n) is 1.29. The molecule has 0 aliphatic rings. The maximum atomic E-state index is 5.40. The molecule has 0 fully saturated rings. The van der Waals surface area contributed by atoms with Gasteiger partial charge in [0.15, 0.2) is 0 Å². The van der Waals surface area contributed by atoms with E-state index in [0.29, 0.717) is 0 Å². The first-order valence-electron chi connectivity index (χ1n) is 3.43. The van der Waals surface area contributed by atoms with Crippen molar-refractivity contribution in [2.75, 3.05) is 0 Å². The molecule has 0 amide bonds. The SMILES string of the molecule is Cc1ccc(SC(N)N)cc1. The molecule has 0 heterocycles.